The maximum atomic E-state index is 5.34. The second-order valence-corrected chi connectivity index (χ2v) is 3.87. The van der Waals surface area contributed by atoms with E-state index in [1.54, 1.807) is 0 Å². The van der Waals surface area contributed by atoms with E-state index in [1.807, 2.05) is 6.08 Å². The molecule has 1 saturated heterocycles. The summed E-state index contributed by atoms with van der Waals surface area (Å²) in [7, 11) is 0. The van der Waals surface area contributed by atoms with Crippen molar-refractivity contribution < 1.29 is 4.74 Å². The maximum Gasteiger partial charge on any atom is 0.105 e. The summed E-state index contributed by atoms with van der Waals surface area (Å²) in [6, 6.07) is 0. The Balaban J connectivity index is 2.58. The van der Waals surface area contributed by atoms with E-state index in [0.29, 0.717) is 0 Å². The lowest BCUT2D eigenvalue weighted by Crippen LogP contribution is -2.42. The quantitative estimate of drug-likeness (QED) is 0.513. The average Bonchev–Trinajstić information content (AvgIpc) is 2.29. The molecule has 0 aliphatic carbocycles. The van der Waals surface area contributed by atoms with Crippen LogP contribution < -0.4 is 0 Å². The Kier molecular flexibility index (Phi) is 5.58. The highest BCUT2D eigenvalue weighted by atomic mass is 16.5. The first-order valence-electron chi connectivity index (χ1n) is 5.74. The van der Waals surface area contributed by atoms with E-state index in [-0.39, 0.29) is 6.17 Å². The van der Waals surface area contributed by atoms with Crippen molar-refractivity contribution >= 4 is 5.71 Å². The molecule has 86 valence electrons. The monoisotopic (exact) mass is 210 g/mol. The smallest absolute Gasteiger partial charge is 0.105 e. The van der Waals surface area contributed by atoms with Crippen LogP contribution in [0.15, 0.2) is 17.6 Å². The maximum absolute atomic E-state index is 5.34. The van der Waals surface area contributed by atoms with Crippen molar-refractivity contribution in [3.63, 3.8) is 0 Å². The Hall–Kier alpha value is -0.670. The van der Waals surface area contributed by atoms with Crippen LogP contribution in [-0.4, -0.2) is 43.1 Å². The van der Waals surface area contributed by atoms with Crippen molar-refractivity contribution in [3.05, 3.63) is 12.7 Å². The number of nitrogens with zero attached hydrogens (tertiary/aromatic N) is 2. The van der Waals surface area contributed by atoms with Gasteiger partial charge in [0.25, 0.3) is 0 Å². The van der Waals surface area contributed by atoms with E-state index >= 15 is 0 Å². The first-order chi connectivity index (χ1) is 7.27. The van der Waals surface area contributed by atoms with Crippen LogP contribution in [0.1, 0.15) is 26.7 Å². The van der Waals surface area contributed by atoms with Crippen LogP contribution in [0, 0.1) is 0 Å². The predicted molar refractivity (Wildman–Crippen MR) is 64.4 cm³/mol. The molecule has 3 heteroatoms. The molecule has 0 radical (unpaired) electrons. The summed E-state index contributed by atoms with van der Waals surface area (Å²) >= 11 is 0. The Labute approximate surface area is 92.8 Å². The zero-order chi connectivity index (χ0) is 11.1. The van der Waals surface area contributed by atoms with Gasteiger partial charge >= 0.3 is 0 Å². The molecule has 0 aromatic rings. The average molecular weight is 210 g/mol. The third-order valence-corrected chi connectivity index (χ3v) is 2.73. The number of hydrogen-bond donors (Lipinski definition) is 0. The molecule has 1 heterocycles. The second kappa shape index (κ2) is 6.75. The molecule has 0 aromatic heterocycles. The van der Waals surface area contributed by atoms with Crippen LogP contribution in [0.25, 0.3) is 0 Å². The summed E-state index contributed by atoms with van der Waals surface area (Å²) in [5, 5.41) is 0. The van der Waals surface area contributed by atoms with E-state index in [1.165, 1.54) is 5.71 Å². The topological polar surface area (TPSA) is 24.8 Å². The van der Waals surface area contributed by atoms with Crippen LogP contribution in [0.5, 0.6) is 0 Å². The first kappa shape index (κ1) is 12.4. The lowest BCUT2D eigenvalue weighted by Gasteiger charge is -2.31. The Morgan fingerprint density at radius 3 is 2.73 bits per heavy atom. The van der Waals surface area contributed by atoms with Gasteiger partial charge in [-0.1, -0.05) is 13.0 Å². The van der Waals surface area contributed by atoms with E-state index in [9.17, 15) is 0 Å². The van der Waals surface area contributed by atoms with Gasteiger partial charge in [-0.05, 0) is 13.3 Å². The molecule has 0 saturated carbocycles. The molecule has 1 aliphatic heterocycles. The standard InChI is InChI=1S/C12H22N2O/c1-4-6-12(13-11(3)5-2)14-7-9-15-10-8-14/h4,12H,1,5-10H2,2-3H3/b13-11+. The van der Waals surface area contributed by atoms with Gasteiger partial charge in [0.05, 0.1) is 13.2 Å². The third kappa shape index (κ3) is 4.14. The molecule has 1 fully saturated rings. The molecule has 1 atom stereocenters. The molecule has 1 rings (SSSR count). The summed E-state index contributed by atoms with van der Waals surface area (Å²) in [6.07, 6.45) is 4.17. The Bertz CT molecular complexity index is 220. The molecule has 3 nitrogen and oxygen atoms in total. The molecular weight excluding hydrogens is 188 g/mol. The number of morpholine rings is 1. The van der Waals surface area contributed by atoms with Crippen LogP contribution in [0.4, 0.5) is 0 Å². The molecule has 1 unspecified atom stereocenters. The first-order valence-corrected chi connectivity index (χ1v) is 5.74. The van der Waals surface area contributed by atoms with Crippen molar-refractivity contribution in [1.29, 1.82) is 0 Å². The lowest BCUT2D eigenvalue weighted by atomic mass is 10.2. The van der Waals surface area contributed by atoms with E-state index in [0.717, 1.165) is 39.1 Å². The SMILES string of the molecule is C=CCC(/N=C(\C)CC)N1CCOCC1. The van der Waals surface area contributed by atoms with E-state index < -0.39 is 0 Å². The number of hydrogen-bond acceptors (Lipinski definition) is 3. The second-order valence-electron chi connectivity index (χ2n) is 3.87. The zero-order valence-corrected chi connectivity index (χ0v) is 9.91. The van der Waals surface area contributed by atoms with Crippen LogP contribution >= 0.6 is 0 Å². The number of ether oxygens (including phenoxy) is 1. The molecule has 0 aromatic carbocycles. The van der Waals surface area contributed by atoms with E-state index in [2.05, 4.69) is 25.3 Å². The van der Waals surface area contributed by atoms with Gasteiger partial charge in [-0.15, -0.1) is 6.58 Å². The van der Waals surface area contributed by atoms with Crippen LogP contribution in [-0.2, 0) is 4.74 Å². The van der Waals surface area contributed by atoms with Gasteiger partial charge in [0.2, 0.25) is 0 Å². The predicted octanol–water partition coefficient (Wildman–Crippen LogP) is 2.09. The van der Waals surface area contributed by atoms with E-state index in [4.69, 9.17) is 9.73 Å². The summed E-state index contributed by atoms with van der Waals surface area (Å²) in [5.74, 6) is 0. The highest BCUT2D eigenvalue weighted by Crippen LogP contribution is 2.10. The molecule has 0 bridgehead atoms. The molecule has 15 heavy (non-hydrogen) atoms. The fourth-order valence-electron chi connectivity index (χ4n) is 1.65. The highest BCUT2D eigenvalue weighted by Gasteiger charge is 2.18. The summed E-state index contributed by atoms with van der Waals surface area (Å²) in [4.78, 5) is 7.10. The van der Waals surface area contributed by atoms with Gasteiger partial charge < -0.3 is 4.74 Å². The largest absolute Gasteiger partial charge is 0.379 e. The molecule has 1 aliphatic rings. The minimum Gasteiger partial charge on any atom is -0.379 e. The Morgan fingerprint density at radius 2 is 2.20 bits per heavy atom. The zero-order valence-electron chi connectivity index (χ0n) is 9.91. The van der Waals surface area contributed by atoms with Gasteiger partial charge in [0, 0.05) is 25.2 Å². The van der Waals surface area contributed by atoms with Gasteiger partial charge in [-0.2, -0.15) is 0 Å². The van der Waals surface area contributed by atoms with Crippen molar-refractivity contribution in [2.24, 2.45) is 4.99 Å². The molecule has 0 amide bonds. The number of rotatable bonds is 5. The Morgan fingerprint density at radius 1 is 1.53 bits per heavy atom. The van der Waals surface area contributed by atoms with Gasteiger partial charge in [-0.3, -0.25) is 9.89 Å². The third-order valence-electron chi connectivity index (χ3n) is 2.73. The molecule has 0 N–H and O–H groups in total. The van der Waals surface area contributed by atoms with Crippen molar-refractivity contribution in [3.8, 4) is 0 Å². The van der Waals surface area contributed by atoms with Crippen LogP contribution in [0.3, 0.4) is 0 Å². The minimum absolute atomic E-state index is 0.270. The normalized spacial score (nSPS) is 21.3. The molecular formula is C12H22N2O. The van der Waals surface area contributed by atoms with Crippen molar-refractivity contribution in [1.82, 2.24) is 4.90 Å². The van der Waals surface area contributed by atoms with Crippen molar-refractivity contribution in [2.75, 3.05) is 26.3 Å². The highest BCUT2D eigenvalue weighted by molar-refractivity contribution is 5.81. The molecule has 0 spiro atoms. The number of aliphatic imine (C=N–C) groups is 1. The van der Waals surface area contributed by atoms with Gasteiger partial charge in [0.1, 0.15) is 6.17 Å². The van der Waals surface area contributed by atoms with Crippen LogP contribution in [0.2, 0.25) is 0 Å². The lowest BCUT2D eigenvalue weighted by molar-refractivity contribution is 0.0189. The van der Waals surface area contributed by atoms with Gasteiger partial charge in [0.15, 0.2) is 0 Å². The summed E-state index contributed by atoms with van der Waals surface area (Å²) < 4.78 is 5.34. The fraction of sp³-hybridized carbons (Fsp3) is 0.750. The summed E-state index contributed by atoms with van der Waals surface area (Å²) in [6.45, 7) is 11.7. The van der Waals surface area contributed by atoms with Gasteiger partial charge in [-0.25, -0.2) is 0 Å². The van der Waals surface area contributed by atoms with Crippen molar-refractivity contribution in [2.45, 2.75) is 32.9 Å². The summed E-state index contributed by atoms with van der Waals surface area (Å²) in [5.41, 5.74) is 1.22. The minimum atomic E-state index is 0.270. The fourth-order valence-corrected chi connectivity index (χ4v) is 1.65.